The maximum atomic E-state index is 10.5. The zero-order valence-electron chi connectivity index (χ0n) is 7.81. The van der Waals surface area contributed by atoms with Crippen molar-refractivity contribution in [1.29, 1.82) is 0 Å². The third-order valence-electron chi connectivity index (χ3n) is 1.40. The Morgan fingerprint density at radius 3 is 1.67 bits per heavy atom. The molecule has 0 radical (unpaired) electrons. The predicted octanol–water partition coefficient (Wildman–Crippen LogP) is -0.105. The molecular weight excluding hydrogens is 156 g/mol. The first-order chi connectivity index (χ1) is 5.52. The van der Waals surface area contributed by atoms with Gasteiger partial charge >= 0.3 is 0 Å². The second-order valence-electron chi connectivity index (χ2n) is 2.98. The standard InChI is InChI=1S/C8H16N2O2/c1-6(4-9-7(2)11)5-10-8(3)12/h6H,4-5H2,1-3H3,(H,9,11)(H,10,12). The monoisotopic (exact) mass is 172 g/mol. The lowest BCUT2D eigenvalue weighted by Crippen LogP contribution is -2.33. The Hall–Kier alpha value is -1.06. The van der Waals surface area contributed by atoms with Gasteiger partial charge in [-0.3, -0.25) is 9.59 Å². The van der Waals surface area contributed by atoms with E-state index in [4.69, 9.17) is 0 Å². The molecule has 0 aliphatic rings. The molecule has 0 fully saturated rings. The minimum Gasteiger partial charge on any atom is -0.356 e. The fraction of sp³-hybridized carbons (Fsp3) is 0.750. The molecule has 0 bridgehead atoms. The Kier molecular flexibility index (Phi) is 5.08. The summed E-state index contributed by atoms with van der Waals surface area (Å²) in [6.45, 7) is 6.13. The molecule has 0 aliphatic heterocycles. The van der Waals surface area contributed by atoms with Crippen molar-refractivity contribution in [2.75, 3.05) is 13.1 Å². The smallest absolute Gasteiger partial charge is 0.216 e. The van der Waals surface area contributed by atoms with E-state index in [0.717, 1.165) is 0 Å². The van der Waals surface area contributed by atoms with Crippen molar-refractivity contribution < 1.29 is 9.59 Å². The van der Waals surface area contributed by atoms with Crippen LogP contribution in [-0.2, 0) is 9.59 Å². The van der Waals surface area contributed by atoms with Crippen LogP contribution in [0.2, 0.25) is 0 Å². The second kappa shape index (κ2) is 5.57. The molecule has 4 nitrogen and oxygen atoms in total. The predicted molar refractivity (Wildman–Crippen MR) is 46.5 cm³/mol. The first kappa shape index (κ1) is 10.9. The second-order valence-corrected chi connectivity index (χ2v) is 2.98. The summed E-state index contributed by atoms with van der Waals surface area (Å²) in [5, 5.41) is 5.36. The van der Waals surface area contributed by atoms with E-state index in [1.54, 1.807) is 0 Å². The molecule has 0 aromatic rings. The molecule has 0 aromatic carbocycles. The molecule has 0 aliphatic carbocycles. The van der Waals surface area contributed by atoms with Gasteiger partial charge in [-0.15, -0.1) is 0 Å². The zero-order valence-corrected chi connectivity index (χ0v) is 7.81. The summed E-state index contributed by atoms with van der Waals surface area (Å²) in [5.41, 5.74) is 0. The lowest BCUT2D eigenvalue weighted by atomic mass is 10.2. The van der Waals surface area contributed by atoms with Crippen molar-refractivity contribution in [3.05, 3.63) is 0 Å². The summed E-state index contributed by atoms with van der Waals surface area (Å²) in [5.74, 6) is 0.201. The van der Waals surface area contributed by atoms with Crippen molar-refractivity contribution in [3.8, 4) is 0 Å². The van der Waals surface area contributed by atoms with E-state index >= 15 is 0 Å². The third-order valence-corrected chi connectivity index (χ3v) is 1.40. The molecular formula is C8H16N2O2. The van der Waals surface area contributed by atoms with Crippen LogP contribution in [0.3, 0.4) is 0 Å². The number of rotatable bonds is 4. The number of hydrogen-bond donors (Lipinski definition) is 2. The molecule has 0 unspecified atom stereocenters. The van der Waals surface area contributed by atoms with E-state index in [-0.39, 0.29) is 17.7 Å². The Labute approximate surface area is 72.7 Å². The van der Waals surface area contributed by atoms with E-state index in [0.29, 0.717) is 13.1 Å². The number of carbonyl (C=O) groups excluding carboxylic acids is 2. The molecule has 0 heterocycles. The quantitative estimate of drug-likeness (QED) is 0.622. The molecule has 12 heavy (non-hydrogen) atoms. The number of amides is 2. The van der Waals surface area contributed by atoms with E-state index < -0.39 is 0 Å². The van der Waals surface area contributed by atoms with Crippen molar-refractivity contribution in [2.45, 2.75) is 20.8 Å². The van der Waals surface area contributed by atoms with Gasteiger partial charge in [0.2, 0.25) is 11.8 Å². The van der Waals surface area contributed by atoms with Crippen LogP contribution in [0.15, 0.2) is 0 Å². The molecule has 2 amide bonds. The van der Waals surface area contributed by atoms with Gasteiger partial charge in [-0.2, -0.15) is 0 Å². The number of nitrogens with one attached hydrogen (secondary N) is 2. The van der Waals surface area contributed by atoms with Gasteiger partial charge in [0.15, 0.2) is 0 Å². The molecule has 0 spiro atoms. The van der Waals surface area contributed by atoms with Gasteiger partial charge in [-0.05, 0) is 5.92 Å². The summed E-state index contributed by atoms with van der Waals surface area (Å²) in [4.78, 5) is 21.0. The first-order valence-corrected chi connectivity index (χ1v) is 4.01. The van der Waals surface area contributed by atoms with Crippen molar-refractivity contribution >= 4 is 11.8 Å². The summed E-state index contributed by atoms with van der Waals surface area (Å²) in [7, 11) is 0. The highest BCUT2D eigenvalue weighted by Crippen LogP contribution is 1.88. The summed E-state index contributed by atoms with van der Waals surface area (Å²) < 4.78 is 0. The van der Waals surface area contributed by atoms with Gasteiger partial charge in [0.05, 0.1) is 0 Å². The van der Waals surface area contributed by atoms with Crippen LogP contribution in [0.4, 0.5) is 0 Å². The Bertz CT molecular complexity index is 150. The topological polar surface area (TPSA) is 58.2 Å². The molecule has 0 saturated heterocycles. The fourth-order valence-electron chi connectivity index (χ4n) is 0.708. The Balaban J connectivity index is 3.39. The van der Waals surface area contributed by atoms with E-state index in [9.17, 15) is 9.59 Å². The molecule has 0 atom stereocenters. The summed E-state index contributed by atoms with van der Waals surface area (Å²) >= 11 is 0. The van der Waals surface area contributed by atoms with Gasteiger partial charge in [0.1, 0.15) is 0 Å². The Morgan fingerprint density at radius 2 is 1.42 bits per heavy atom. The highest BCUT2D eigenvalue weighted by Gasteiger charge is 2.02. The van der Waals surface area contributed by atoms with Crippen LogP contribution < -0.4 is 10.6 Å². The van der Waals surface area contributed by atoms with Crippen molar-refractivity contribution in [1.82, 2.24) is 10.6 Å². The lowest BCUT2D eigenvalue weighted by molar-refractivity contribution is -0.119. The van der Waals surface area contributed by atoms with Crippen LogP contribution in [0.25, 0.3) is 0 Å². The molecule has 4 heteroatoms. The van der Waals surface area contributed by atoms with Gasteiger partial charge in [0.25, 0.3) is 0 Å². The molecule has 0 saturated carbocycles. The minimum atomic E-state index is -0.0373. The van der Waals surface area contributed by atoms with E-state index in [1.807, 2.05) is 6.92 Å². The summed E-state index contributed by atoms with van der Waals surface area (Å²) in [6.07, 6.45) is 0. The number of carbonyl (C=O) groups is 2. The van der Waals surface area contributed by atoms with Crippen molar-refractivity contribution in [2.24, 2.45) is 5.92 Å². The van der Waals surface area contributed by atoms with Gasteiger partial charge in [-0.25, -0.2) is 0 Å². The van der Waals surface area contributed by atoms with E-state index in [1.165, 1.54) is 13.8 Å². The fourth-order valence-corrected chi connectivity index (χ4v) is 0.708. The zero-order chi connectivity index (χ0) is 9.56. The average molecular weight is 172 g/mol. The van der Waals surface area contributed by atoms with Crippen molar-refractivity contribution in [3.63, 3.8) is 0 Å². The van der Waals surface area contributed by atoms with Gasteiger partial charge in [-0.1, -0.05) is 6.92 Å². The lowest BCUT2D eigenvalue weighted by Gasteiger charge is -2.11. The average Bonchev–Trinajstić information content (AvgIpc) is 1.96. The Morgan fingerprint density at radius 1 is 1.08 bits per heavy atom. The molecule has 70 valence electrons. The van der Waals surface area contributed by atoms with Crippen LogP contribution >= 0.6 is 0 Å². The highest BCUT2D eigenvalue weighted by atomic mass is 16.2. The van der Waals surface area contributed by atoms with Crippen LogP contribution in [0.5, 0.6) is 0 Å². The van der Waals surface area contributed by atoms with Gasteiger partial charge < -0.3 is 10.6 Å². The van der Waals surface area contributed by atoms with Crippen LogP contribution in [0.1, 0.15) is 20.8 Å². The molecule has 0 rings (SSSR count). The first-order valence-electron chi connectivity index (χ1n) is 4.01. The third kappa shape index (κ3) is 7.05. The molecule has 2 N–H and O–H groups in total. The van der Waals surface area contributed by atoms with Crippen LogP contribution in [0, 0.1) is 5.92 Å². The largest absolute Gasteiger partial charge is 0.356 e. The number of hydrogen-bond acceptors (Lipinski definition) is 2. The minimum absolute atomic E-state index is 0.0373. The maximum absolute atomic E-state index is 10.5. The SMILES string of the molecule is CC(=O)NCC(C)CNC(C)=O. The highest BCUT2D eigenvalue weighted by molar-refractivity contribution is 5.73. The summed E-state index contributed by atoms with van der Waals surface area (Å²) in [6, 6.07) is 0. The molecule has 0 aromatic heterocycles. The normalized spacial score (nSPS) is 9.67. The van der Waals surface area contributed by atoms with Crippen LogP contribution in [-0.4, -0.2) is 24.9 Å². The maximum Gasteiger partial charge on any atom is 0.216 e. The van der Waals surface area contributed by atoms with Gasteiger partial charge in [0, 0.05) is 26.9 Å². The van der Waals surface area contributed by atoms with E-state index in [2.05, 4.69) is 10.6 Å².